The van der Waals surface area contributed by atoms with E-state index in [1.54, 1.807) is 0 Å². The van der Waals surface area contributed by atoms with E-state index in [0.29, 0.717) is 6.04 Å². The average Bonchev–Trinajstić information content (AvgIpc) is 2.72. The second kappa shape index (κ2) is 4.30. The highest BCUT2D eigenvalue weighted by Crippen LogP contribution is 2.37. The van der Waals surface area contributed by atoms with Crippen LogP contribution in [0.3, 0.4) is 0 Å². The van der Waals surface area contributed by atoms with Crippen molar-refractivity contribution in [1.29, 1.82) is 0 Å². The summed E-state index contributed by atoms with van der Waals surface area (Å²) < 4.78 is 0. The molecule has 3 rings (SSSR count). The fourth-order valence-corrected chi connectivity index (χ4v) is 3.45. The number of pyridine rings is 1. The zero-order chi connectivity index (χ0) is 11.8. The third-order valence-electron chi connectivity index (χ3n) is 4.37. The molecule has 17 heavy (non-hydrogen) atoms. The SMILES string of the molecule is Cc1cccnc1N1C[C@H]2CCC(N)C[C@H]2C1. The minimum Gasteiger partial charge on any atom is -0.356 e. The summed E-state index contributed by atoms with van der Waals surface area (Å²) in [6.45, 7) is 4.47. The van der Waals surface area contributed by atoms with E-state index in [2.05, 4.69) is 22.9 Å². The number of aromatic nitrogens is 1. The predicted octanol–water partition coefficient (Wildman–Crippen LogP) is 1.95. The van der Waals surface area contributed by atoms with E-state index < -0.39 is 0 Å². The first kappa shape index (κ1) is 11.0. The van der Waals surface area contributed by atoms with Crippen LogP contribution in [0.2, 0.25) is 0 Å². The van der Waals surface area contributed by atoms with E-state index in [4.69, 9.17) is 5.73 Å². The fraction of sp³-hybridized carbons (Fsp3) is 0.643. The minimum atomic E-state index is 0.432. The molecule has 0 radical (unpaired) electrons. The second-order valence-electron chi connectivity index (χ2n) is 5.64. The Morgan fingerprint density at radius 1 is 1.29 bits per heavy atom. The molecule has 0 amide bonds. The second-order valence-corrected chi connectivity index (χ2v) is 5.64. The summed E-state index contributed by atoms with van der Waals surface area (Å²) in [5.41, 5.74) is 7.36. The number of rotatable bonds is 1. The van der Waals surface area contributed by atoms with Crippen molar-refractivity contribution in [1.82, 2.24) is 4.98 Å². The van der Waals surface area contributed by atoms with Gasteiger partial charge in [-0.2, -0.15) is 0 Å². The molecule has 1 aromatic rings. The molecule has 2 heterocycles. The molecule has 0 aromatic carbocycles. The van der Waals surface area contributed by atoms with Crippen molar-refractivity contribution in [2.45, 2.75) is 32.2 Å². The first-order valence-electron chi connectivity index (χ1n) is 6.66. The Bertz CT molecular complexity index is 404. The first-order valence-corrected chi connectivity index (χ1v) is 6.66. The summed E-state index contributed by atoms with van der Waals surface area (Å²) in [5.74, 6) is 2.81. The van der Waals surface area contributed by atoms with Crippen LogP contribution in [-0.4, -0.2) is 24.1 Å². The minimum absolute atomic E-state index is 0.432. The van der Waals surface area contributed by atoms with Crippen LogP contribution >= 0.6 is 0 Å². The monoisotopic (exact) mass is 231 g/mol. The number of nitrogens with two attached hydrogens (primary N) is 1. The van der Waals surface area contributed by atoms with E-state index in [0.717, 1.165) is 18.4 Å². The molecule has 3 atom stereocenters. The average molecular weight is 231 g/mol. The molecule has 0 spiro atoms. The lowest BCUT2D eigenvalue weighted by molar-refractivity contribution is 0.271. The Labute approximate surface area is 103 Å². The molecule has 1 saturated heterocycles. The van der Waals surface area contributed by atoms with Crippen LogP contribution in [0.25, 0.3) is 0 Å². The van der Waals surface area contributed by atoms with E-state index in [-0.39, 0.29) is 0 Å². The zero-order valence-corrected chi connectivity index (χ0v) is 10.5. The maximum atomic E-state index is 6.07. The van der Waals surface area contributed by atoms with Crippen molar-refractivity contribution >= 4 is 5.82 Å². The van der Waals surface area contributed by atoms with Crippen LogP contribution in [0.1, 0.15) is 24.8 Å². The summed E-state index contributed by atoms with van der Waals surface area (Å²) in [6.07, 6.45) is 5.60. The number of anilines is 1. The number of fused-ring (bicyclic) bond motifs is 1. The van der Waals surface area contributed by atoms with Gasteiger partial charge < -0.3 is 10.6 Å². The van der Waals surface area contributed by atoms with Gasteiger partial charge in [0.25, 0.3) is 0 Å². The third kappa shape index (κ3) is 2.04. The molecule has 0 bridgehead atoms. The van der Waals surface area contributed by atoms with Crippen molar-refractivity contribution in [2.24, 2.45) is 17.6 Å². The number of aryl methyl sites for hydroxylation is 1. The summed E-state index contributed by atoms with van der Waals surface area (Å²) in [6, 6.07) is 4.59. The molecule has 3 nitrogen and oxygen atoms in total. The number of hydrogen-bond donors (Lipinski definition) is 1. The summed E-state index contributed by atoms with van der Waals surface area (Å²) in [5, 5.41) is 0. The first-order chi connectivity index (χ1) is 8.24. The van der Waals surface area contributed by atoms with Crippen LogP contribution in [0.5, 0.6) is 0 Å². The van der Waals surface area contributed by atoms with E-state index >= 15 is 0 Å². The lowest BCUT2D eigenvalue weighted by atomic mass is 9.79. The Morgan fingerprint density at radius 2 is 2.12 bits per heavy atom. The molecule has 1 aromatic heterocycles. The quantitative estimate of drug-likeness (QED) is 0.803. The van der Waals surface area contributed by atoms with Gasteiger partial charge in [-0.05, 0) is 49.7 Å². The van der Waals surface area contributed by atoms with E-state index in [1.165, 1.54) is 37.2 Å². The lowest BCUT2D eigenvalue weighted by Crippen LogP contribution is -2.32. The largest absolute Gasteiger partial charge is 0.356 e. The van der Waals surface area contributed by atoms with Crippen molar-refractivity contribution in [2.75, 3.05) is 18.0 Å². The van der Waals surface area contributed by atoms with Crippen LogP contribution in [0.15, 0.2) is 18.3 Å². The van der Waals surface area contributed by atoms with Crippen LogP contribution in [0, 0.1) is 18.8 Å². The predicted molar refractivity (Wildman–Crippen MR) is 70.0 cm³/mol. The van der Waals surface area contributed by atoms with Gasteiger partial charge in [-0.25, -0.2) is 4.98 Å². The van der Waals surface area contributed by atoms with Crippen molar-refractivity contribution in [3.05, 3.63) is 23.9 Å². The van der Waals surface area contributed by atoms with Gasteiger partial charge >= 0.3 is 0 Å². The summed E-state index contributed by atoms with van der Waals surface area (Å²) >= 11 is 0. The van der Waals surface area contributed by atoms with E-state index in [9.17, 15) is 0 Å². The molecule has 2 aliphatic rings. The topological polar surface area (TPSA) is 42.2 Å². The normalized spacial score (nSPS) is 32.6. The van der Waals surface area contributed by atoms with Gasteiger partial charge in [0.2, 0.25) is 0 Å². The molecular formula is C14H21N3. The molecule has 1 saturated carbocycles. The Balaban J connectivity index is 1.78. The van der Waals surface area contributed by atoms with Crippen LogP contribution < -0.4 is 10.6 Å². The molecule has 92 valence electrons. The fourth-order valence-electron chi connectivity index (χ4n) is 3.45. The van der Waals surface area contributed by atoms with Crippen molar-refractivity contribution in [3.63, 3.8) is 0 Å². The van der Waals surface area contributed by atoms with Crippen LogP contribution in [-0.2, 0) is 0 Å². The smallest absolute Gasteiger partial charge is 0.131 e. The Morgan fingerprint density at radius 3 is 2.94 bits per heavy atom. The molecule has 1 unspecified atom stereocenters. The van der Waals surface area contributed by atoms with Gasteiger partial charge in [-0.15, -0.1) is 0 Å². The number of nitrogens with zero attached hydrogens (tertiary/aromatic N) is 2. The van der Waals surface area contributed by atoms with Crippen LogP contribution in [0.4, 0.5) is 5.82 Å². The van der Waals surface area contributed by atoms with Gasteiger partial charge in [-0.1, -0.05) is 6.07 Å². The molecule has 1 aliphatic heterocycles. The number of hydrogen-bond acceptors (Lipinski definition) is 3. The standard InChI is InChI=1S/C14H21N3/c1-10-3-2-6-16-14(10)17-8-11-4-5-13(15)7-12(11)9-17/h2-3,6,11-13H,4-5,7-9,15H2,1H3/t11-,12+,13?/m1/s1. The highest BCUT2D eigenvalue weighted by atomic mass is 15.2. The molecule has 2 N–H and O–H groups in total. The Kier molecular flexibility index (Phi) is 2.79. The molecular weight excluding hydrogens is 210 g/mol. The summed E-state index contributed by atoms with van der Waals surface area (Å²) in [4.78, 5) is 6.99. The van der Waals surface area contributed by atoms with Gasteiger partial charge in [0, 0.05) is 25.3 Å². The summed E-state index contributed by atoms with van der Waals surface area (Å²) in [7, 11) is 0. The van der Waals surface area contributed by atoms with Gasteiger partial charge in [0.05, 0.1) is 0 Å². The maximum absolute atomic E-state index is 6.07. The van der Waals surface area contributed by atoms with Gasteiger partial charge in [0.1, 0.15) is 5.82 Å². The zero-order valence-electron chi connectivity index (χ0n) is 10.5. The van der Waals surface area contributed by atoms with E-state index in [1.807, 2.05) is 12.3 Å². The van der Waals surface area contributed by atoms with Crippen molar-refractivity contribution < 1.29 is 0 Å². The lowest BCUT2D eigenvalue weighted by Gasteiger charge is -2.27. The van der Waals surface area contributed by atoms with Gasteiger partial charge in [-0.3, -0.25) is 0 Å². The Hall–Kier alpha value is -1.09. The maximum Gasteiger partial charge on any atom is 0.131 e. The molecule has 1 aliphatic carbocycles. The highest BCUT2D eigenvalue weighted by Gasteiger charge is 2.37. The third-order valence-corrected chi connectivity index (χ3v) is 4.37. The molecule has 3 heteroatoms. The van der Waals surface area contributed by atoms with Crippen molar-refractivity contribution in [3.8, 4) is 0 Å². The molecule has 2 fully saturated rings. The highest BCUT2D eigenvalue weighted by molar-refractivity contribution is 5.47. The van der Waals surface area contributed by atoms with Gasteiger partial charge in [0.15, 0.2) is 0 Å².